The zero-order valence-electron chi connectivity index (χ0n) is 7.16. The van der Waals surface area contributed by atoms with Gasteiger partial charge in [0.2, 0.25) is 5.95 Å². The van der Waals surface area contributed by atoms with Gasteiger partial charge >= 0.3 is 0 Å². The molecule has 1 rings (SSSR count). The summed E-state index contributed by atoms with van der Waals surface area (Å²) >= 11 is 0. The van der Waals surface area contributed by atoms with Crippen LogP contribution in [0.3, 0.4) is 0 Å². The molecule has 0 aliphatic carbocycles. The van der Waals surface area contributed by atoms with Crippen molar-refractivity contribution in [1.29, 1.82) is 0 Å². The van der Waals surface area contributed by atoms with E-state index in [2.05, 4.69) is 4.98 Å². The molecule has 0 bridgehead atoms. The second-order valence-electron chi connectivity index (χ2n) is 1.83. The van der Waals surface area contributed by atoms with Gasteiger partial charge in [-0.15, -0.1) is 0 Å². The molecule has 4 heteroatoms. The summed E-state index contributed by atoms with van der Waals surface area (Å²) in [7, 11) is 0. The minimum absolute atomic E-state index is 0.140. The van der Waals surface area contributed by atoms with Crippen molar-refractivity contribution in [3.05, 3.63) is 29.3 Å². The lowest BCUT2D eigenvalue weighted by molar-refractivity contribution is 0.459. The van der Waals surface area contributed by atoms with E-state index in [9.17, 15) is 13.2 Å². The first-order valence-electron chi connectivity index (χ1n) is 3.59. The smallest absolute Gasteiger partial charge is 0.219 e. The van der Waals surface area contributed by atoms with E-state index in [1.165, 1.54) is 6.92 Å². The van der Waals surface area contributed by atoms with Gasteiger partial charge in [0.05, 0.1) is 5.69 Å². The molecule has 0 aliphatic heterocycles. The van der Waals surface area contributed by atoms with Crippen LogP contribution in [0.1, 0.15) is 19.5 Å². The summed E-state index contributed by atoms with van der Waals surface area (Å²) in [6.07, 6.45) is 0. The topological polar surface area (TPSA) is 12.9 Å². The maximum Gasteiger partial charge on any atom is 0.249 e. The van der Waals surface area contributed by atoms with Crippen LogP contribution in [0, 0.1) is 24.5 Å². The fourth-order valence-electron chi connectivity index (χ4n) is 0.529. The van der Waals surface area contributed by atoms with Crippen molar-refractivity contribution in [2.75, 3.05) is 0 Å². The Labute approximate surface area is 69.2 Å². The van der Waals surface area contributed by atoms with Gasteiger partial charge in [-0.1, -0.05) is 13.8 Å². The van der Waals surface area contributed by atoms with Gasteiger partial charge in [-0.2, -0.15) is 4.39 Å². The molecule has 0 aromatic carbocycles. The second kappa shape index (κ2) is 4.74. The Hall–Kier alpha value is -1.06. The summed E-state index contributed by atoms with van der Waals surface area (Å²) in [5, 5.41) is 0. The van der Waals surface area contributed by atoms with Gasteiger partial charge < -0.3 is 0 Å². The van der Waals surface area contributed by atoms with Crippen LogP contribution in [0.15, 0.2) is 6.07 Å². The minimum Gasteiger partial charge on any atom is -0.219 e. The van der Waals surface area contributed by atoms with Crippen molar-refractivity contribution in [3.8, 4) is 0 Å². The lowest BCUT2D eigenvalue weighted by Gasteiger charge is -1.94. The highest BCUT2D eigenvalue weighted by molar-refractivity contribution is 5.07. The number of aryl methyl sites for hydroxylation is 1. The van der Waals surface area contributed by atoms with E-state index < -0.39 is 17.6 Å². The first-order chi connectivity index (χ1) is 5.61. The highest BCUT2D eigenvalue weighted by atomic mass is 19.2. The molecule has 0 fully saturated rings. The van der Waals surface area contributed by atoms with E-state index in [1.807, 2.05) is 13.8 Å². The maximum atomic E-state index is 12.3. The standard InChI is InChI=1S/C6H4F3N.C2H6/c1-3-4(7)2-5(8)6(9)10-3;1-2/h2H,1H3;1-2H3. The van der Waals surface area contributed by atoms with Crippen molar-refractivity contribution in [3.63, 3.8) is 0 Å². The average molecular weight is 177 g/mol. The summed E-state index contributed by atoms with van der Waals surface area (Å²) in [6, 6.07) is 0.470. The fourth-order valence-corrected chi connectivity index (χ4v) is 0.529. The molecule has 0 N–H and O–H groups in total. The van der Waals surface area contributed by atoms with Crippen molar-refractivity contribution in [2.45, 2.75) is 20.8 Å². The Kier molecular flexibility index (Phi) is 4.33. The minimum atomic E-state index is -1.26. The molecule has 68 valence electrons. The van der Waals surface area contributed by atoms with E-state index in [0.29, 0.717) is 6.07 Å². The Morgan fingerprint density at radius 3 is 2.00 bits per heavy atom. The summed E-state index contributed by atoms with van der Waals surface area (Å²) in [5.74, 6) is -3.36. The third kappa shape index (κ3) is 2.53. The van der Waals surface area contributed by atoms with Gasteiger partial charge in [-0.25, -0.2) is 13.8 Å². The highest BCUT2D eigenvalue weighted by Gasteiger charge is 2.06. The third-order valence-corrected chi connectivity index (χ3v) is 1.06. The quantitative estimate of drug-likeness (QED) is 0.555. The Morgan fingerprint density at radius 1 is 1.08 bits per heavy atom. The predicted octanol–water partition coefficient (Wildman–Crippen LogP) is 2.83. The molecule has 12 heavy (non-hydrogen) atoms. The fraction of sp³-hybridized carbons (Fsp3) is 0.375. The molecule has 0 aliphatic rings. The summed E-state index contributed by atoms with van der Waals surface area (Å²) in [6.45, 7) is 5.26. The highest BCUT2D eigenvalue weighted by Crippen LogP contribution is 2.07. The van der Waals surface area contributed by atoms with Crippen LogP contribution in [0.25, 0.3) is 0 Å². The second-order valence-corrected chi connectivity index (χ2v) is 1.83. The van der Waals surface area contributed by atoms with Crippen LogP contribution in [-0.4, -0.2) is 4.98 Å². The van der Waals surface area contributed by atoms with Crippen LogP contribution in [0.2, 0.25) is 0 Å². The van der Waals surface area contributed by atoms with Gasteiger partial charge in [-0.05, 0) is 6.92 Å². The van der Waals surface area contributed by atoms with Gasteiger partial charge in [-0.3, -0.25) is 0 Å². The van der Waals surface area contributed by atoms with E-state index in [0.717, 1.165) is 0 Å². The monoisotopic (exact) mass is 177 g/mol. The van der Waals surface area contributed by atoms with E-state index in [4.69, 9.17) is 0 Å². The molecule has 0 spiro atoms. The average Bonchev–Trinajstić information content (AvgIpc) is 2.05. The Morgan fingerprint density at radius 2 is 1.58 bits per heavy atom. The maximum absolute atomic E-state index is 12.3. The summed E-state index contributed by atoms with van der Waals surface area (Å²) in [5.41, 5.74) is -0.140. The Balaban J connectivity index is 0.000000561. The van der Waals surface area contributed by atoms with Crippen LogP contribution in [0.4, 0.5) is 13.2 Å². The summed E-state index contributed by atoms with van der Waals surface area (Å²) in [4.78, 5) is 2.96. The van der Waals surface area contributed by atoms with Crippen LogP contribution < -0.4 is 0 Å². The molecule has 0 amide bonds. The third-order valence-electron chi connectivity index (χ3n) is 1.06. The van der Waals surface area contributed by atoms with Crippen molar-refractivity contribution >= 4 is 0 Å². The molecule has 0 saturated carbocycles. The number of hydrogen-bond acceptors (Lipinski definition) is 1. The Bertz CT molecular complexity index is 210. The summed E-state index contributed by atoms with van der Waals surface area (Å²) < 4.78 is 36.5. The molecule has 0 unspecified atom stereocenters. The van der Waals surface area contributed by atoms with E-state index in [1.54, 1.807) is 0 Å². The number of nitrogens with zero attached hydrogens (tertiary/aromatic N) is 1. The number of hydrogen-bond donors (Lipinski definition) is 0. The van der Waals surface area contributed by atoms with Crippen molar-refractivity contribution in [1.82, 2.24) is 4.98 Å². The zero-order chi connectivity index (χ0) is 9.72. The molecule has 1 heterocycles. The molecule has 1 aromatic rings. The number of pyridine rings is 1. The van der Waals surface area contributed by atoms with Crippen LogP contribution in [-0.2, 0) is 0 Å². The van der Waals surface area contributed by atoms with Crippen LogP contribution >= 0.6 is 0 Å². The lowest BCUT2D eigenvalue weighted by Crippen LogP contribution is -1.95. The molecular formula is C8H10F3N. The van der Waals surface area contributed by atoms with Crippen molar-refractivity contribution < 1.29 is 13.2 Å². The lowest BCUT2D eigenvalue weighted by atomic mass is 10.3. The van der Waals surface area contributed by atoms with E-state index >= 15 is 0 Å². The van der Waals surface area contributed by atoms with Crippen molar-refractivity contribution in [2.24, 2.45) is 0 Å². The van der Waals surface area contributed by atoms with E-state index in [-0.39, 0.29) is 5.69 Å². The predicted molar refractivity (Wildman–Crippen MR) is 40.2 cm³/mol. The number of halogens is 3. The first-order valence-corrected chi connectivity index (χ1v) is 3.59. The largest absolute Gasteiger partial charge is 0.249 e. The van der Waals surface area contributed by atoms with Gasteiger partial charge in [0, 0.05) is 6.07 Å². The molecular weight excluding hydrogens is 167 g/mol. The molecule has 1 aromatic heterocycles. The molecule has 1 nitrogen and oxygen atoms in total. The molecule has 0 radical (unpaired) electrons. The van der Waals surface area contributed by atoms with Crippen LogP contribution in [0.5, 0.6) is 0 Å². The van der Waals surface area contributed by atoms with Gasteiger partial charge in [0.25, 0.3) is 0 Å². The number of aromatic nitrogens is 1. The zero-order valence-corrected chi connectivity index (χ0v) is 7.16. The molecule has 0 atom stereocenters. The SMILES string of the molecule is CC.Cc1nc(F)c(F)cc1F. The van der Waals surface area contributed by atoms with Gasteiger partial charge in [0.1, 0.15) is 5.82 Å². The number of rotatable bonds is 0. The normalized spacial score (nSPS) is 8.83. The first kappa shape index (κ1) is 10.9. The van der Waals surface area contributed by atoms with Gasteiger partial charge in [0.15, 0.2) is 5.82 Å². The molecule has 0 saturated heterocycles.